The lowest BCUT2D eigenvalue weighted by atomic mass is 10.0. The van der Waals surface area contributed by atoms with Crippen LogP contribution in [0.15, 0.2) is 48.5 Å². The summed E-state index contributed by atoms with van der Waals surface area (Å²) in [6.07, 6.45) is 3.27. The molecule has 0 radical (unpaired) electrons. The van der Waals surface area contributed by atoms with Crippen LogP contribution in [-0.2, 0) is 4.79 Å². The molecule has 1 atom stereocenters. The summed E-state index contributed by atoms with van der Waals surface area (Å²) >= 11 is 1.72. The summed E-state index contributed by atoms with van der Waals surface area (Å²) in [5.74, 6) is -0.194. The number of fused-ring (bicyclic) bond motifs is 1. The van der Waals surface area contributed by atoms with E-state index in [1.54, 1.807) is 42.6 Å². The number of nitrogens with zero attached hydrogens (tertiary/aromatic N) is 2. The van der Waals surface area contributed by atoms with Gasteiger partial charge in [-0.15, -0.1) is 11.3 Å². The minimum Gasteiger partial charge on any atom is -0.355 e. The summed E-state index contributed by atoms with van der Waals surface area (Å²) in [6, 6.07) is 15.3. The summed E-state index contributed by atoms with van der Waals surface area (Å²) in [6.45, 7) is 1.22. The zero-order valence-corrected chi connectivity index (χ0v) is 17.2. The molecule has 1 saturated heterocycles. The number of thiazole rings is 1. The Morgan fingerprint density at radius 3 is 2.69 bits per heavy atom. The molecule has 1 aliphatic heterocycles. The third-order valence-corrected chi connectivity index (χ3v) is 6.35. The fraction of sp³-hybridized carbons (Fsp3) is 0.318. The molecule has 0 spiro atoms. The number of benzene rings is 2. The van der Waals surface area contributed by atoms with Crippen molar-refractivity contribution in [2.24, 2.45) is 0 Å². The number of piperidine rings is 1. The van der Waals surface area contributed by atoms with Crippen LogP contribution >= 0.6 is 11.3 Å². The predicted molar refractivity (Wildman–Crippen MR) is 116 cm³/mol. The Kier molecular flexibility index (Phi) is 5.87. The standard InChI is InChI=1S/C22H24N4O2S/c1-23-21(28)15-9-11-16(12-10-15)24-20(27)14-26-13-5-4-7-18(26)22-25-17-6-2-3-8-19(17)29-22/h2-3,6,8-12,18H,4-5,7,13-14H2,1H3,(H,23,28)(H,24,27)/t18-/m1/s1. The minimum atomic E-state index is -0.144. The molecule has 2 amide bonds. The van der Waals surface area contributed by atoms with Gasteiger partial charge in [0, 0.05) is 18.3 Å². The molecule has 1 aliphatic rings. The average Bonchev–Trinajstić information content (AvgIpc) is 3.18. The molecule has 1 aromatic heterocycles. The van der Waals surface area contributed by atoms with Crippen LogP contribution in [0.25, 0.3) is 10.2 Å². The fourth-order valence-electron chi connectivity index (χ4n) is 3.73. The maximum Gasteiger partial charge on any atom is 0.251 e. The second kappa shape index (κ2) is 8.71. The summed E-state index contributed by atoms with van der Waals surface area (Å²) < 4.78 is 1.19. The van der Waals surface area contributed by atoms with E-state index in [0.29, 0.717) is 17.8 Å². The average molecular weight is 409 g/mol. The molecule has 3 aromatic rings. The van der Waals surface area contributed by atoms with E-state index in [2.05, 4.69) is 21.6 Å². The number of likely N-dealkylation sites (tertiary alicyclic amines) is 1. The number of carbonyl (C=O) groups excluding carboxylic acids is 2. The number of amides is 2. The normalized spacial score (nSPS) is 17.2. The number of anilines is 1. The molecule has 6 nitrogen and oxygen atoms in total. The molecule has 7 heteroatoms. The molecule has 0 aliphatic carbocycles. The molecular weight excluding hydrogens is 384 g/mol. The molecule has 2 N–H and O–H groups in total. The monoisotopic (exact) mass is 408 g/mol. The quantitative estimate of drug-likeness (QED) is 0.673. The van der Waals surface area contributed by atoms with E-state index in [9.17, 15) is 9.59 Å². The lowest BCUT2D eigenvalue weighted by Gasteiger charge is -2.33. The predicted octanol–water partition coefficient (Wildman–Crippen LogP) is 3.82. The third kappa shape index (κ3) is 4.46. The first kappa shape index (κ1) is 19.5. The Hall–Kier alpha value is -2.77. The summed E-state index contributed by atoms with van der Waals surface area (Å²) in [4.78, 5) is 31.3. The number of nitrogens with one attached hydrogen (secondary N) is 2. The van der Waals surface area contributed by atoms with Gasteiger partial charge in [0.15, 0.2) is 0 Å². The van der Waals surface area contributed by atoms with Crippen LogP contribution in [0.5, 0.6) is 0 Å². The first-order chi connectivity index (χ1) is 14.1. The van der Waals surface area contributed by atoms with Crippen LogP contribution < -0.4 is 10.6 Å². The van der Waals surface area contributed by atoms with E-state index in [0.717, 1.165) is 36.3 Å². The van der Waals surface area contributed by atoms with E-state index in [1.165, 1.54) is 4.70 Å². The van der Waals surface area contributed by atoms with Crippen LogP contribution in [0.2, 0.25) is 0 Å². The van der Waals surface area contributed by atoms with Gasteiger partial charge in [0.1, 0.15) is 5.01 Å². The highest BCUT2D eigenvalue weighted by molar-refractivity contribution is 7.18. The van der Waals surface area contributed by atoms with Gasteiger partial charge in [-0.1, -0.05) is 18.6 Å². The largest absolute Gasteiger partial charge is 0.355 e. The third-order valence-electron chi connectivity index (χ3n) is 5.21. The maximum absolute atomic E-state index is 12.7. The zero-order chi connectivity index (χ0) is 20.2. The number of para-hydroxylation sites is 1. The highest BCUT2D eigenvalue weighted by Gasteiger charge is 2.28. The van der Waals surface area contributed by atoms with E-state index < -0.39 is 0 Å². The number of hydrogen-bond acceptors (Lipinski definition) is 5. The van der Waals surface area contributed by atoms with Crippen LogP contribution in [-0.4, -0.2) is 41.8 Å². The smallest absolute Gasteiger partial charge is 0.251 e. The van der Waals surface area contributed by atoms with Crippen LogP contribution in [0.4, 0.5) is 5.69 Å². The summed E-state index contributed by atoms with van der Waals surface area (Å²) in [7, 11) is 1.60. The number of carbonyl (C=O) groups is 2. The molecule has 29 heavy (non-hydrogen) atoms. The Morgan fingerprint density at radius 1 is 1.14 bits per heavy atom. The van der Waals surface area contributed by atoms with E-state index in [-0.39, 0.29) is 17.9 Å². The van der Waals surface area contributed by atoms with Crippen molar-refractivity contribution >= 4 is 39.1 Å². The molecular formula is C22H24N4O2S. The fourth-order valence-corrected chi connectivity index (χ4v) is 4.86. The SMILES string of the molecule is CNC(=O)c1ccc(NC(=O)CN2CCCC[C@@H]2c2nc3ccccc3s2)cc1. The van der Waals surface area contributed by atoms with E-state index >= 15 is 0 Å². The van der Waals surface area contributed by atoms with Crippen molar-refractivity contribution in [3.05, 3.63) is 59.1 Å². The molecule has 1 fully saturated rings. The highest BCUT2D eigenvalue weighted by atomic mass is 32.1. The van der Waals surface area contributed by atoms with Gasteiger partial charge in [-0.25, -0.2) is 4.98 Å². The van der Waals surface area contributed by atoms with Crippen molar-refractivity contribution in [2.75, 3.05) is 25.5 Å². The van der Waals surface area contributed by atoms with Gasteiger partial charge in [-0.3, -0.25) is 14.5 Å². The molecule has 0 saturated carbocycles. The van der Waals surface area contributed by atoms with Gasteiger partial charge in [0.25, 0.3) is 5.91 Å². The van der Waals surface area contributed by atoms with Crippen molar-refractivity contribution in [2.45, 2.75) is 25.3 Å². The lowest BCUT2D eigenvalue weighted by molar-refractivity contribution is -0.118. The Balaban J connectivity index is 1.43. The summed E-state index contributed by atoms with van der Waals surface area (Å²) in [5.41, 5.74) is 2.28. The van der Waals surface area contributed by atoms with Crippen LogP contribution in [0.3, 0.4) is 0 Å². The molecule has 2 aromatic carbocycles. The first-order valence-electron chi connectivity index (χ1n) is 9.85. The lowest BCUT2D eigenvalue weighted by Crippen LogP contribution is -2.39. The van der Waals surface area contributed by atoms with Gasteiger partial charge in [-0.2, -0.15) is 0 Å². The number of aromatic nitrogens is 1. The highest BCUT2D eigenvalue weighted by Crippen LogP contribution is 2.35. The van der Waals surface area contributed by atoms with Gasteiger partial charge < -0.3 is 10.6 Å². The maximum atomic E-state index is 12.7. The molecule has 4 rings (SSSR count). The second-order valence-corrected chi connectivity index (χ2v) is 8.27. The van der Waals surface area contributed by atoms with E-state index in [1.807, 2.05) is 18.2 Å². The Labute approximate surface area is 173 Å². The van der Waals surface area contributed by atoms with Crippen molar-refractivity contribution in [3.63, 3.8) is 0 Å². The van der Waals surface area contributed by atoms with E-state index in [4.69, 9.17) is 4.98 Å². The minimum absolute atomic E-state index is 0.0503. The second-order valence-electron chi connectivity index (χ2n) is 7.21. The van der Waals surface area contributed by atoms with Crippen molar-refractivity contribution < 1.29 is 9.59 Å². The topological polar surface area (TPSA) is 74.3 Å². The van der Waals surface area contributed by atoms with Crippen LogP contribution in [0, 0.1) is 0 Å². The van der Waals surface area contributed by atoms with Crippen molar-refractivity contribution in [1.82, 2.24) is 15.2 Å². The summed E-state index contributed by atoms with van der Waals surface area (Å²) in [5, 5.41) is 6.62. The van der Waals surface area contributed by atoms with Gasteiger partial charge >= 0.3 is 0 Å². The van der Waals surface area contributed by atoms with Crippen molar-refractivity contribution in [1.29, 1.82) is 0 Å². The number of rotatable bonds is 5. The van der Waals surface area contributed by atoms with Gasteiger partial charge in [-0.05, 0) is 55.8 Å². The molecule has 0 bridgehead atoms. The molecule has 0 unspecified atom stereocenters. The molecule has 150 valence electrons. The van der Waals surface area contributed by atoms with Gasteiger partial charge in [0.2, 0.25) is 5.91 Å². The Morgan fingerprint density at radius 2 is 1.93 bits per heavy atom. The molecule has 2 heterocycles. The first-order valence-corrected chi connectivity index (χ1v) is 10.7. The Bertz CT molecular complexity index is 982. The van der Waals surface area contributed by atoms with Crippen LogP contribution in [0.1, 0.15) is 40.7 Å². The zero-order valence-electron chi connectivity index (χ0n) is 16.4. The van der Waals surface area contributed by atoms with Crippen molar-refractivity contribution in [3.8, 4) is 0 Å². The van der Waals surface area contributed by atoms with Gasteiger partial charge in [0.05, 0.1) is 22.8 Å². The number of hydrogen-bond donors (Lipinski definition) is 2.